The first-order valence-electron chi connectivity index (χ1n) is 5.08. The van der Waals surface area contributed by atoms with E-state index in [1.807, 2.05) is 6.07 Å². The molecule has 0 saturated heterocycles. The van der Waals surface area contributed by atoms with Gasteiger partial charge in [-0.1, -0.05) is 30.3 Å². The molecule has 0 heterocycles. The molecule has 1 aliphatic rings. The van der Waals surface area contributed by atoms with E-state index in [9.17, 15) is 9.18 Å². The average Bonchev–Trinajstić information content (AvgIpc) is 2.93. The summed E-state index contributed by atoms with van der Waals surface area (Å²) < 4.78 is 18.3. The number of halogens is 1. The van der Waals surface area contributed by atoms with E-state index in [0.29, 0.717) is 6.61 Å². The molecule has 0 spiro atoms. The second-order valence-electron chi connectivity index (χ2n) is 3.73. The summed E-state index contributed by atoms with van der Waals surface area (Å²) >= 11 is 0. The summed E-state index contributed by atoms with van der Waals surface area (Å²) in [5.41, 5.74) is -0.298. The molecular formula is C12H13FO2. The van der Waals surface area contributed by atoms with Gasteiger partial charge in [-0.2, -0.15) is 0 Å². The van der Waals surface area contributed by atoms with Gasteiger partial charge in [-0.3, -0.25) is 4.79 Å². The lowest BCUT2D eigenvalue weighted by atomic mass is 9.96. The van der Waals surface area contributed by atoms with Crippen molar-refractivity contribution in [3.8, 4) is 0 Å². The van der Waals surface area contributed by atoms with E-state index < -0.39 is 17.6 Å². The highest BCUT2D eigenvalue weighted by atomic mass is 19.1. The second kappa shape index (κ2) is 3.65. The molecule has 80 valence electrons. The molecule has 0 aliphatic heterocycles. The minimum absolute atomic E-state index is 0.246. The SMILES string of the molecule is CCOC(=O)C1(c2ccccc2)CC1F. The molecule has 2 rings (SSSR count). The maximum absolute atomic E-state index is 13.4. The lowest BCUT2D eigenvalue weighted by Crippen LogP contribution is -2.26. The van der Waals surface area contributed by atoms with Gasteiger partial charge in [0.25, 0.3) is 0 Å². The Morgan fingerprint density at radius 2 is 2.13 bits per heavy atom. The van der Waals surface area contributed by atoms with Crippen molar-refractivity contribution in [2.24, 2.45) is 0 Å². The molecule has 2 atom stereocenters. The van der Waals surface area contributed by atoms with E-state index >= 15 is 0 Å². The maximum Gasteiger partial charge on any atom is 0.319 e. The third-order valence-electron chi connectivity index (χ3n) is 2.80. The third kappa shape index (κ3) is 1.52. The summed E-state index contributed by atoms with van der Waals surface area (Å²) in [6.07, 6.45) is -0.852. The van der Waals surface area contributed by atoms with Gasteiger partial charge in [-0.15, -0.1) is 0 Å². The first-order valence-corrected chi connectivity index (χ1v) is 5.08. The van der Waals surface area contributed by atoms with E-state index in [4.69, 9.17) is 4.74 Å². The fraction of sp³-hybridized carbons (Fsp3) is 0.417. The number of carbonyl (C=O) groups is 1. The van der Waals surface area contributed by atoms with Crippen LogP contribution in [0, 0.1) is 0 Å². The van der Waals surface area contributed by atoms with Crippen LogP contribution in [-0.2, 0) is 14.9 Å². The Labute approximate surface area is 88.1 Å². The van der Waals surface area contributed by atoms with Crippen molar-refractivity contribution < 1.29 is 13.9 Å². The van der Waals surface area contributed by atoms with Crippen LogP contribution < -0.4 is 0 Å². The standard InChI is InChI=1S/C12H13FO2/c1-2-15-11(14)12(8-10(12)13)9-6-4-3-5-7-9/h3-7,10H,2,8H2,1H3. The predicted molar refractivity (Wildman–Crippen MR) is 54.3 cm³/mol. The molecule has 1 aromatic carbocycles. The molecule has 1 saturated carbocycles. The molecule has 0 N–H and O–H groups in total. The van der Waals surface area contributed by atoms with E-state index in [-0.39, 0.29) is 6.42 Å². The molecule has 15 heavy (non-hydrogen) atoms. The van der Waals surface area contributed by atoms with E-state index in [2.05, 4.69) is 0 Å². The van der Waals surface area contributed by atoms with Gasteiger partial charge >= 0.3 is 5.97 Å². The molecule has 0 amide bonds. The lowest BCUT2D eigenvalue weighted by molar-refractivity contribution is -0.146. The van der Waals surface area contributed by atoms with Crippen LogP contribution in [0.3, 0.4) is 0 Å². The number of rotatable bonds is 3. The van der Waals surface area contributed by atoms with E-state index in [1.165, 1.54) is 0 Å². The second-order valence-corrected chi connectivity index (χ2v) is 3.73. The topological polar surface area (TPSA) is 26.3 Å². The lowest BCUT2D eigenvalue weighted by Gasteiger charge is -2.13. The van der Waals surface area contributed by atoms with Crippen LogP contribution >= 0.6 is 0 Å². The number of hydrogen-bond acceptors (Lipinski definition) is 2. The largest absolute Gasteiger partial charge is 0.465 e. The number of ether oxygens (including phenoxy) is 1. The Morgan fingerprint density at radius 1 is 1.53 bits per heavy atom. The Morgan fingerprint density at radius 3 is 2.60 bits per heavy atom. The first-order chi connectivity index (χ1) is 7.21. The third-order valence-corrected chi connectivity index (χ3v) is 2.80. The fourth-order valence-corrected chi connectivity index (χ4v) is 1.85. The minimum Gasteiger partial charge on any atom is -0.465 e. The van der Waals surface area contributed by atoms with Crippen molar-refractivity contribution in [3.63, 3.8) is 0 Å². The van der Waals surface area contributed by atoms with Crippen LogP contribution in [0.2, 0.25) is 0 Å². The van der Waals surface area contributed by atoms with Crippen LogP contribution in [0.5, 0.6) is 0 Å². The summed E-state index contributed by atoms with van der Waals surface area (Å²) in [4.78, 5) is 11.7. The van der Waals surface area contributed by atoms with Crippen molar-refractivity contribution in [1.29, 1.82) is 0 Å². The van der Waals surface area contributed by atoms with Gasteiger partial charge in [0.05, 0.1) is 6.61 Å². The summed E-state index contributed by atoms with van der Waals surface area (Å²) in [6.45, 7) is 2.02. The van der Waals surface area contributed by atoms with Crippen LogP contribution in [-0.4, -0.2) is 18.7 Å². The molecule has 1 aliphatic carbocycles. The van der Waals surface area contributed by atoms with Gasteiger partial charge < -0.3 is 4.74 Å². The smallest absolute Gasteiger partial charge is 0.319 e. The van der Waals surface area contributed by atoms with Crippen molar-refractivity contribution in [2.45, 2.75) is 24.9 Å². The van der Waals surface area contributed by atoms with Crippen LogP contribution in [0.1, 0.15) is 18.9 Å². The molecule has 1 aromatic rings. The van der Waals surface area contributed by atoms with Gasteiger partial charge in [0.2, 0.25) is 0 Å². The Hall–Kier alpha value is -1.38. The predicted octanol–water partition coefficient (Wildman–Crippen LogP) is 2.23. The van der Waals surface area contributed by atoms with Crippen LogP contribution in [0.15, 0.2) is 30.3 Å². The summed E-state index contributed by atoms with van der Waals surface area (Å²) in [6, 6.07) is 9.01. The number of alkyl halides is 1. The average molecular weight is 208 g/mol. The maximum atomic E-state index is 13.4. The highest BCUT2D eigenvalue weighted by Crippen LogP contribution is 2.51. The van der Waals surface area contributed by atoms with Gasteiger partial charge in [0, 0.05) is 6.42 Å². The van der Waals surface area contributed by atoms with Gasteiger partial charge in [-0.25, -0.2) is 4.39 Å². The number of esters is 1. The monoisotopic (exact) mass is 208 g/mol. The van der Waals surface area contributed by atoms with Gasteiger partial charge in [0.15, 0.2) is 0 Å². The zero-order valence-corrected chi connectivity index (χ0v) is 8.57. The number of hydrogen-bond donors (Lipinski definition) is 0. The highest BCUT2D eigenvalue weighted by Gasteiger charge is 2.63. The summed E-state index contributed by atoms with van der Waals surface area (Å²) in [7, 11) is 0. The Kier molecular flexibility index (Phi) is 2.47. The highest BCUT2D eigenvalue weighted by molar-refractivity contribution is 5.88. The van der Waals surface area contributed by atoms with E-state index in [0.717, 1.165) is 5.56 Å². The zero-order valence-electron chi connectivity index (χ0n) is 8.57. The molecule has 0 bridgehead atoms. The van der Waals surface area contributed by atoms with Crippen molar-refractivity contribution in [3.05, 3.63) is 35.9 Å². The molecule has 2 unspecified atom stereocenters. The molecule has 1 fully saturated rings. The van der Waals surface area contributed by atoms with Crippen molar-refractivity contribution in [1.82, 2.24) is 0 Å². The van der Waals surface area contributed by atoms with Gasteiger partial charge in [0.1, 0.15) is 11.6 Å². The molecular weight excluding hydrogens is 195 g/mol. The zero-order chi connectivity index (χ0) is 10.9. The number of benzene rings is 1. The molecule has 0 radical (unpaired) electrons. The van der Waals surface area contributed by atoms with Crippen LogP contribution in [0.25, 0.3) is 0 Å². The molecule has 2 nitrogen and oxygen atoms in total. The quantitative estimate of drug-likeness (QED) is 0.712. The van der Waals surface area contributed by atoms with Crippen molar-refractivity contribution >= 4 is 5.97 Å². The molecule has 0 aromatic heterocycles. The van der Waals surface area contributed by atoms with Crippen LogP contribution in [0.4, 0.5) is 4.39 Å². The van der Waals surface area contributed by atoms with E-state index in [1.54, 1.807) is 31.2 Å². The normalized spacial score (nSPS) is 28.5. The fourth-order valence-electron chi connectivity index (χ4n) is 1.85. The first kappa shape index (κ1) is 10.1. The Bertz CT molecular complexity index is 363. The Balaban J connectivity index is 2.28. The minimum atomic E-state index is -1.10. The van der Waals surface area contributed by atoms with Crippen molar-refractivity contribution in [2.75, 3.05) is 6.61 Å². The van der Waals surface area contributed by atoms with Gasteiger partial charge in [-0.05, 0) is 12.5 Å². The molecule has 3 heteroatoms. The summed E-state index contributed by atoms with van der Waals surface area (Å²) in [5.74, 6) is -0.441. The summed E-state index contributed by atoms with van der Waals surface area (Å²) in [5, 5.41) is 0. The number of carbonyl (C=O) groups excluding carboxylic acids is 1.